The normalized spacial score (nSPS) is 14.2. The van der Waals surface area contributed by atoms with Crippen LogP contribution < -0.4 is 0 Å². The number of aromatic nitrogens is 2. The Labute approximate surface area is 167 Å². The van der Waals surface area contributed by atoms with Crippen LogP contribution in [0, 0.1) is 0 Å². The van der Waals surface area contributed by atoms with E-state index in [0.717, 1.165) is 11.1 Å². The number of carbonyl (C=O) groups excluding carboxylic acids is 1. The lowest BCUT2D eigenvalue weighted by Gasteiger charge is -2.26. The van der Waals surface area contributed by atoms with Crippen LogP contribution in [0.25, 0.3) is 0 Å². The van der Waals surface area contributed by atoms with E-state index in [0.29, 0.717) is 11.6 Å². The van der Waals surface area contributed by atoms with Gasteiger partial charge in [-0.05, 0) is 17.5 Å². The number of methoxy groups -OCH3 is 1. The smallest absolute Gasteiger partial charge is 0.306 e. The summed E-state index contributed by atoms with van der Waals surface area (Å²) >= 11 is 0. The SMILES string of the molecule is COC(=O)C[C@@H](c1ccccc1)[C@@H](Cc1ccccc1)S(=O)c1nccn1C. The predicted octanol–water partition coefficient (Wildman–Crippen LogP) is 3.49. The van der Waals surface area contributed by atoms with E-state index in [2.05, 4.69) is 4.98 Å². The summed E-state index contributed by atoms with van der Waals surface area (Å²) in [5, 5.41) is 0.178. The van der Waals surface area contributed by atoms with Crippen LogP contribution >= 0.6 is 0 Å². The fourth-order valence-corrected chi connectivity index (χ4v) is 5.00. The van der Waals surface area contributed by atoms with E-state index in [9.17, 15) is 9.00 Å². The van der Waals surface area contributed by atoms with Gasteiger partial charge in [0.15, 0.2) is 5.16 Å². The molecule has 1 aromatic heterocycles. The predicted molar refractivity (Wildman–Crippen MR) is 109 cm³/mol. The van der Waals surface area contributed by atoms with Crippen molar-refractivity contribution >= 4 is 16.8 Å². The zero-order valence-corrected chi connectivity index (χ0v) is 16.8. The molecular weight excluding hydrogens is 372 g/mol. The molecule has 2 aromatic carbocycles. The molecule has 0 radical (unpaired) electrons. The number of nitrogens with zero attached hydrogens (tertiary/aromatic N) is 2. The minimum Gasteiger partial charge on any atom is -0.469 e. The van der Waals surface area contributed by atoms with Gasteiger partial charge >= 0.3 is 5.97 Å². The maximum Gasteiger partial charge on any atom is 0.306 e. The average molecular weight is 397 g/mol. The van der Waals surface area contributed by atoms with Crippen LogP contribution in [0.5, 0.6) is 0 Å². The Bertz CT molecular complexity index is 925. The highest BCUT2D eigenvalue weighted by Gasteiger charge is 2.33. The Morgan fingerprint density at radius 2 is 1.75 bits per heavy atom. The molecule has 0 fully saturated rings. The molecule has 28 heavy (non-hydrogen) atoms. The Morgan fingerprint density at radius 3 is 2.32 bits per heavy atom. The van der Waals surface area contributed by atoms with E-state index in [4.69, 9.17) is 4.74 Å². The van der Waals surface area contributed by atoms with Crippen molar-refractivity contribution in [3.05, 3.63) is 84.2 Å². The molecule has 0 aliphatic rings. The van der Waals surface area contributed by atoms with E-state index in [-0.39, 0.29) is 23.6 Å². The van der Waals surface area contributed by atoms with Gasteiger partial charge < -0.3 is 9.30 Å². The van der Waals surface area contributed by atoms with Crippen molar-refractivity contribution in [2.45, 2.75) is 29.2 Å². The molecule has 3 aromatic rings. The lowest BCUT2D eigenvalue weighted by molar-refractivity contribution is -0.141. The molecule has 0 N–H and O–H groups in total. The van der Waals surface area contributed by atoms with E-state index in [1.165, 1.54) is 7.11 Å². The van der Waals surface area contributed by atoms with Gasteiger partial charge in [-0.3, -0.25) is 9.00 Å². The van der Waals surface area contributed by atoms with Crippen molar-refractivity contribution in [3.63, 3.8) is 0 Å². The molecule has 0 bridgehead atoms. The minimum absolute atomic E-state index is 0.161. The summed E-state index contributed by atoms with van der Waals surface area (Å²) in [5.74, 6) is -0.574. The summed E-state index contributed by atoms with van der Waals surface area (Å²) in [5.41, 5.74) is 2.04. The summed E-state index contributed by atoms with van der Waals surface area (Å²) in [4.78, 5) is 16.5. The number of ether oxygens (including phenoxy) is 1. The quantitative estimate of drug-likeness (QED) is 0.547. The first-order valence-corrected chi connectivity index (χ1v) is 10.3. The monoisotopic (exact) mass is 396 g/mol. The Kier molecular flexibility index (Phi) is 6.76. The molecule has 0 spiro atoms. The van der Waals surface area contributed by atoms with Crippen LogP contribution in [0.2, 0.25) is 0 Å². The highest BCUT2D eigenvalue weighted by atomic mass is 32.2. The molecule has 6 heteroatoms. The zero-order chi connectivity index (χ0) is 19.9. The van der Waals surface area contributed by atoms with Gasteiger partial charge in [0.2, 0.25) is 0 Å². The number of benzene rings is 2. The topological polar surface area (TPSA) is 61.2 Å². The third kappa shape index (κ3) is 4.75. The fourth-order valence-electron chi connectivity index (χ4n) is 3.32. The maximum atomic E-state index is 13.6. The van der Waals surface area contributed by atoms with Crippen LogP contribution in [-0.2, 0) is 33.8 Å². The second-order valence-electron chi connectivity index (χ2n) is 6.64. The van der Waals surface area contributed by atoms with Crippen molar-refractivity contribution < 1.29 is 13.7 Å². The fraction of sp³-hybridized carbons (Fsp3) is 0.273. The second-order valence-corrected chi connectivity index (χ2v) is 8.21. The second kappa shape index (κ2) is 9.46. The lowest BCUT2D eigenvalue weighted by atomic mass is 9.89. The first-order chi connectivity index (χ1) is 13.6. The van der Waals surface area contributed by atoms with Gasteiger partial charge in [0.1, 0.15) is 0 Å². The number of aryl methyl sites for hydroxylation is 1. The largest absolute Gasteiger partial charge is 0.469 e. The standard InChI is InChI=1S/C22H24N2O3S/c1-24-14-13-23-22(24)28(26)20(15-17-9-5-3-6-10-17)19(16-21(25)27-2)18-11-7-4-8-12-18/h3-14,19-20H,15-16H2,1-2H3/t19-,20+,28?/m0/s1. The average Bonchev–Trinajstić information content (AvgIpc) is 3.17. The van der Waals surface area contributed by atoms with E-state index in [1.807, 2.05) is 67.7 Å². The number of hydrogen-bond acceptors (Lipinski definition) is 4. The van der Waals surface area contributed by atoms with Crippen molar-refractivity contribution in [1.82, 2.24) is 9.55 Å². The van der Waals surface area contributed by atoms with Gasteiger partial charge in [0.05, 0.1) is 29.6 Å². The van der Waals surface area contributed by atoms with Crippen LogP contribution in [0.1, 0.15) is 23.5 Å². The first kappa shape index (κ1) is 20.0. The van der Waals surface area contributed by atoms with Crippen LogP contribution in [0.4, 0.5) is 0 Å². The molecule has 0 saturated carbocycles. The molecule has 1 heterocycles. The van der Waals surface area contributed by atoms with Crippen molar-refractivity contribution in [2.24, 2.45) is 7.05 Å². The van der Waals surface area contributed by atoms with Crippen molar-refractivity contribution in [3.8, 4) is 0 Å². The van der Waals surface area contributed by atoms with Gasteiger partial charge in [-0.2, -0.15) is 0 Å². The summed E-state index contributed by atoms with van der Waals surface area (Å²) in [6, 6.07) is 19.7. The first-order valence-electron chi connectivity index (χ1n) is 9.13. The molecule has 0 saturated heterocycles. The van der Waals surface area contributed by atoms with E-state index < -0.39 is 10.8 Å². The van der Waals surface area contributed by atoms with Gasteiger partial charge in [-0.1, -0.05) is 60.7 Å². The van der Waals surface area contributed by atoms with E-state index in [1.54, 1.807) is 17.0 Å². The molecule has 5 nitrogen and oxygen atoms in total. The van der Waals surface area contributed by atoms with Crippen LogP contribution in [0.3, 0.4) is 0 Å². The number of esters is 1. The third-order valence-corrected chi connectivity index (χ3v) is 6.60. The summed E-state index contributed by atoms with van der Waals surface area (Å²) in [6.07, 6.45) is 4.15. The molecule has 3 atom stereocenters. The van der Waals surface area contributed by atoms with Gasteiger partial charge in [-0.25, -0.2) is 4.98 Å². The highest BCUT2D eigenvalue weighted by Crippen LogP contribution is 2.32. The number of carbonyl (C=O) groups is 1. The molecular formula is C22H24N2O3S. The maximum absolute atomic E-state index is 13.6. The van der Waals surface area contributed by atoms with Crippen LogP contribution in [-0.4, -0.2) is 32.1 Å². The number of hydrogen-bond donors (Lipinski definition) is 0. The van der Waals surface area contributed by atoms with Crippen LogP contribution in [0.15, 0.2) is 78.2 Å². The molecule has 146 valence electrons. The summed E-state index contributed by atoms with van der Waals surface area (Å²) in [6.45, 7) is 0. The van der Waals surface area contributed by atoms with Gasteiger partial charge in [0.25, 0.3) is 0 Å². The molecule has 0 aliphatic carbocycles. The van der Waals surface area contributed by atoms with Gasteiger partial charge in [-0.15, -0.1) is 0 Å². The number of imidazole rings is 1. The third-order valence-electron chi connectivity index (χ3n) is 4.80. The highest BCUT2D eigenvalue weighted by molar-refractivity contribution is 7.85. The molecule has 0 amide bonds. The Hall–Kier alpha value is -2.73. The summed E-state index contributed by atoms with van der Waals surface area (Å²) < 4.78 is 20.3. The zero-order valence-electron chi connectivity index (χ0n) is 16.0. The van der Waals surface area contributed by atoms with Crippen molar-refractivity contribution in [1.29, 1.82) is 0 Å². The summed E-state index contributed by atoms with van der Waals surface area (Å²) in [7, 11) is 1.81. The Balaban J connectivity index is 2.04. The van der Waals surface area contributed by atoms with E-state index >= 15 is 0 Å². The Morgan fingerprint density at radius 1 is 1.11 bits per heavy atom. The number of rotatable bonds is 8. The minimum atomic E-state index is -1.41. The van der Waals surface area contributed by atoms with Gasteiger partial charge in [0, 0.05) is 25.4 Å². The van der Waals surface area contributed by atoms with Crippen molar-refractivity contribution in [2.75, 3.05) is 7.11 Å². The molecule has 1 unspecified atom stereocenters. The lowest BCUT2D eigenvalue weighted by Crippen LogP contribution is -2.30. The molecule has 3 rings (SSSR count). The molecule has 0 aliphatic heterocycles.